The van der Waals surface area contributed by atoms with E-state index in [0.29, 0.717) is 6.54 Å². The van der Waals surface area contributed by atoms with Gasteiger partial charge in [0, 0.05) is 56.0 Å². The number of carbonyl (C=O) groups is 1. The van der Waals surface area contributed by atoms with Crippen molar-refractivity contribution < 1.29 is 9.53 Å². The lowest BCUT2D eigenvalue weighted by Gasteiger charge is -2.49. The van der Waals surface area contributed by atoms with Gasteiger partial charge < -0.3 is 19.9 Å². The van der Waals surface area contributed by atoms with E-state index in [-0.39, 0.29) is 17.9 Å². The Morgan fingerprint density at radius 2 is 1.97 bits per heavy atom. The lowest BCUT2D eigenvalue weighted by Crippen LogP contribution is -2.61. The molecule has 0 aliphatic carbocycles. The molecule has 0 bridgehead atoms. The monoisotopic (exact) mass is 456 g/mol. The van der Waals surface area contributed by atoms with E-state index >= 15 is 0 Å². The number of benzene rings is 2. The van der Waals surface area contributed by atoms with E-state index in [1.54, 1.807) is 7.11 Å². The van der Waals surface area contributed by atoms with E-state index in [4.69, 9.17) is 16.3 Å². The number of carbonyl (C=O) groups excluding carboxylic acids is 1. The summed E-state index contributed by atoms with van der Waals surface area (Å²) in [5.41, 5.74) is 3.67. The molecule has 2 atom stereocenters. The minimum absolute atomic E-state index is 0.0777. The topological polar surface area (TPSA) is 48.1 Å². The average Bonchev–Trinajstić information content (AvgIpc) is 2.79. The summed E-state index contributed by atoms with van der Waals surface area (Å²) in [6.45, 7) is 5.06. The third-order valence-electron chi connectivity index (χ3n) is 6.52. The standard InChI is InChI=1S/C25H33ClN4O2/c1-28(2)11-10-27-25(31)22-14-19-6-9-21(32-3)15-23(19)30-13-12-29(17-24(22)30)16-18-4-7-20(26)8-5-18/h4-9,15,22,24H,10-14,16-17H2,1-3H3,(H,27,31). The van der Waals surface area contributed by atoms with Gasteiger partial charge >= 0.3 is 0 Å². The number of hydrogen-bond donors (Lipinski definition) is 1. The number of piperazine rings is 1. The smallest absolute Gasteiger partial charge is 0.225 e. The van der Waals surface area contributed by atoms with Crippen molar-refractivity contribution in [2.75, 3.05) is 58.8 Å². The molecule has 2 aromatic carbocycles. The van der Waals surface area contributed by atoms with Crippen LogP contribution in [0.1, 0.15) is 11.1 Å². The summed E-state index contributed by atoms with van der Waals surface area (Å²) in [5.74, 6) is 0.933. The Morgan fingerprint density at radius 3 is 2.69 bits per heavy atom. The van der Waals surface area contributed by atoms with Crippen molar-refractivity contribution >= 4 is 23.2 Å². The molecule has 2 aliphatic heterocycles. The number of hydrogen-bond acceptors (Lipinski definition) is 5. The molecule has 2 aliphatic rings. The fourth-order valence-corrected chi connectivity index (χ4v) is 4.92. The van der Waals surface area contributed by atoms with Gasteiger partial charge in [-0.1, -0.05) is 29.8 Å². The maximum Gasteiger partial charge on any atom is 0.225 e. The van der Waals surface area contributed by atoms with Crippen LogP contribution in [-0.4, -0.2) is 75.7 Å². The first-order valence-electron chi connectivity index (χ1n) is 11.3. The van der Waals surface area contributed by atoms with Gasteiger partial charge in [0.15, 0.2) is 0 Å². The Labute approximate surface area is 196 Å². The molecular formula is C25H33ClN4O2. The number of rotatable bonds is 7. The van der Waals surface area contributed by atoms with Crippen LogP contribution in [0.25, 0.3) is 0 Å². The first-order chi connectivity index (χ1) is 15.4. The SMILES string of the molecule is COc1ccc2c(c1)N1CCN(Cc3ccc(Cl)cc3)CC1C(C(=O)NCCN(C)C)C2. The molecule has 0 radical (unpaired) electrons. The maximum atomic E-state index is 13.3. The van der Waals surface area contributed by atoms with Crippen LogP contribution in [0.4, 0.5) is 5.69 Å². The van der Waals surface area contributed by atoms with Crippen molar-refractivity contribution in [1.82, 2.24) is 15.1 Å². The van der Waals surface area contributed by atoms with Gasteiger partial charge in [-0.15, -0.1) is 0 Å². The second kappa shape index (κ2) is 10.1. The minimum atomic E-state index is -0.0777. The molecule has 1 saturated heterocycles. The Balaban J connectivity index is 1.55. The third-order valence-corrected chi connectivity index (χ3v) is 6.78. The van der Waals surface area contributed by atoms with Gasteiger partial charge in [0.05, 0.1) is 19.1 Å². The number of nitrogens with one attached hydrogen (secondary N) is 1. The normalized spacial score (nSPS) is 20.6. The summed E-state index contributed by atoms with van der Waals surface area (Å²) in [5, 5.41) is 3.93. The first-order valence-corrected chi connectivity index (χ1v) is 11.6. The summed E-state index contributed by atoms with van der Waals surface area (Å²) in [4.78, 5) is 20.2. The quantitative estimate of drug-likeness (QED) is 0.694. The predicted molar refractivity (Wildman–Crippen MR) is 130 cm³/mol. The highest BCUT2D eigenvalue weighted by atomic mass is 35.5. The van der Waals surface area contributed by atoms with Crippen LogP contribution >= 0.6 is 11.6 Å². The Bertz CT molecular complexity index is 934. The fourth-order valence-electron chi connectivity index (χ4n) is 4.79. The summed E-state index contributed by atoms with van der Waals surface area (Å²) in [6.07, 6.45) is 0.753. The van der Waals surface area contributed by atoms with Crippen molar-refractivity contribution in [3.05, 3.63) is 58.6 Å². The van der Waals surface area contributed by atoms with Gasteiger partial charge in [0.2, 0.25) is 5.91 Å². The lowest BCUT2D eigenvalue weighted by molar-refractivity contribution is -0.126. The lowest BCUT2D eigenvalue weighted by atomic mass is 9.83. The van der Waals surface area contributed by atoms with Gasteiger partial charge in [-0.05, 0) is 49.8 Å². The summed E-state index contributed by atoms with van der Waals surface area (Å²) < 4.78 is 5.49. The zero-order valence-electron chi connectivity index (χ0n) is 19.2. The zero-order valence-corrected chi connectivity index (χ0v) is 19.9. The molecule has 0 aromatic heterocycles. The van der Waals surface area contributed by atoms with Crippen LogP contribution in [0, 0.1) is 5.92 Å². The van der Waals surface area contributed by atoms with Crippen LogP contribution in [0.2, 0.25) is 5.02 Å². The second-order valence-electron chi connectivity index (χ2n) is 9.02. The van der Waals surface area contributed by atoms with Crippen molar-refractivity contribution in [2.24, 2.45) is 5.92 Å². The molecule has 2 heterocycles. The molecule has 2 unspecified atom stereocenters. The summed E-state index contributed by atoms with van der Waals surface area (Å²) in [7, 11) is 5.74. The number of ether oxygens (including phenoxy) is 1. The Kier molecular flexibility index (Phi) is 7.23. The van der Waals surface area contributed by atoms with Crippen LogP contribution in [0.15, 0.2) is 42.5 Å². The second-order valence-corrected chi connectivity index (χ2v) is 9.46. The Hall–Kier alpha value is -2.28. The van der Waals surface area contributed by atoms with E-state index < -0.39 is 0 Å². The van der Waals surface area contributed by atoms with Crippen LogP contribution in [-0.2, 0) is 17.8 Å². The Morgan fingerprint density at radius 1 is 1.19 bits per heavy atom. The minimum Gasteiger partial charge on any atom is -0.497 e. The van der Waals surface area contributed by atoms with Crippen LogP contribution in [0.5, 0.6) is 5.75 Å². The van der Waals surface area contributed by atoms with Crippen molar-refractivity contribution in [1.29, 1.82) is 0 Å². The predicted octanol–water partition coefficient (Wildman–Crippen LogP) is 2.89. The number of methoxy groups -OCH3 is 1. The van der Waals surface area contributed by atoms with E-state index in [2.05, 4.69) is 44.3 Å². The van der Waals surface area contributed by atoms with E-state index in [1.807, 2.05) is 32.3 Å². The highest BCUT2D eigenvalue weighted by Crippen LogP contribution is 2.38. The van der Waals surface area contributed by atoms with Gasteiger partial charge in [-0.3, -0.25) is 9.69 Å². The molecule has 4 rings (SSSR count). The molecule has 1 N–H and O–H groups in total. The highest BCUT2D eigenvalue weighted by molar-refractivity contribution is 6.30. The number of halogens is 1. The number of nitrogens with zero attached hydrogens (tertiary/aromatic N) is 3. The third kappa shape index (κ3) is 5.20. The number of likely N-dealkylation sites (N-methyl/N-ethyl adjacent to an activating group) is 1. The molecule has 6 nitrogen and oxygen atoms in total. The largest absolute Gasteiger partial charge is 0.497 e. The molecule has 0 spiro atoms. The molecule has 172 valence electrons. The van der Waals surface area contributed by atoms with Crippen molar-refractivity contribution in [3.8, 4) is 5.75 Å². The van der Waals surface area contributed by atoms with Gasteiger partial charge in [-0.2, -0.15) is 0 Å². The molecule has 2 aromatic rings. The fraction of sp³-hybridized carbons (Fsp3) is 0.480. The highest BCUT2D eigenvalue weighted by Gasteiger charge is 2.41. The van der Waals surface area contributed by atoms with Gasteiger partial charge in [-0.25, -0.2) is 0 Å². The number of fused-ring (bicyclic) bond motifs is 3. The van der Waals surface area contributed by atoms with Crippen LogP contribution in [0.3, 0.4) is 0 Å². The molecule has 7 heteroatoms. The van der Waals surface area contributed by atoms with Gasteiger partial charge in [0.25, 0.3) is 0 Å². The van der Waals surface area contributed by atoms with E-state index in [0.717, 1.165) is 49.9 Å². The summed E-state index contributed by atoms with van der Waals surface area (Å²) in [6, 6.07) is 14.4. The zero-order chi connectivity index (χ0) is 22.7. The molecular weight excluding hydrogens is 424 g/mol. The van der Waals surface area contributed by atoms with Crippen LogP contribution < -0.4 is 15.0 Å². The maximum absolute atomic E-state index is 13.3. The van der Waals surface area contributed by atoms with Crippen molar-refractivity contribution in [2.45, 2.75) is 19.0 Å². The van der Waals surface area contributed by atoms with Gasteiger partial charge in [0.1, 0.15) is 5.75 Å². The van der Waals surface area contributed by atoms with E-state index in [9.17, 15) is 4.79 Å². The average molecular weight is 457 g/mol. The summed E-state index contributed by atoms with van der Waals surface area (Å²) >= 11 is 6.06. The molecule has 0 saturated carbocycles. The van der Waals surface area contributed by atoms with E-state index in [1.165, 1.54) is 16.8 Å². The van der Waals surface area contributed by atoms with Crippen molar-refractivity contribution in [3.63, 3.8) is 0 Å². The number of anilines is 1. The molecule has 32 heavy (non-hydrogen) atoms. The first kappa shape index (κ1) is 22.9. The molecule has 1 amide bonds. The number of amides is 1. The molecule has 1 fully saturated rings.